The van der Waals surface area contributed by atoms with Gasteiger partial charge >= 0.3 is 0 Å². The van der Waals surface area contributed by atoms with Crippen molar-refractivity contribution in [2.24, 2.45) is 0 Å². The van der Waals surface area contributed by atoms with E-state index in [1.807, 2.05) is 0 Å². The van der Waals surface area contributed by atoms with E-state index in [-0.39, 0.29) is 45.3 Å². The molecular formula is C23H24O11. The van der Waals surface area contributed by atoms with Crippen molar-refractivity contribution in [1.82, 2.24) is 0 Å². The molecule has 11 heteroatoms. The number of hydrogen-bond donors (Lipinski definition) is 5. The summed E-state index contributed by atoms with van der Waals surface area (Å²) in [6, 6.07) is 8.78. The molecule has 1 saturated heterocycles. The molecule has 0 aliphatic carbocycles. The topological polar surface area (TPSA) is 168 Å². The van der Waals surface area contributed by atoms with E-state index in [2.05, 4.69) is 0 Å². The largest absolute Gasteiger partial charge is 0.504 e. The van der Waals surface area contributed by atoms with E-state index >= 15 is 0 Å². The van der Waals surface area contributed by atoms with Crippen molar-refractivity contribution in [2.75, 3.05) is 20.8 Å². The molecule has 1 fully saturated rings. The summed E-state index contributed by atoms with van der Waals surface area (Å²) in [6.45, 7) is -0.615. The Morgan fingerprint density at radius 2 is 1.71 bits per heavy atom. The zero-order valence-corrected chi connectivity index (χ0v) is 18.2. The molecule has 182 valence electrons. The summed E-state index contributed by atoms with van der Waals surface area (Å²) in [7, 11) is 2.72. The van der Waals surface area contributed by atoms with E-state index in [1.165, 1.54) is 32.4 Å². The highest BCUT2D eigenvalue weighted by molar-refractivity contribution is 5.92. The molecule has 1 aromatic heterocycles. The number of benzene rings is 2. The van der Waals surface area contributed by atoms with Crippen LogP contribution >= 0.6 is 0 Å². The molecule has 2 heterocycles. The Balaban J connectivity index is 1.78. The lowest BCUT2D eigenvalue weighted by Crippen LogP contribution is -2.60. The van der Waals surface area contributed by atoms with Gasteiger partial charge in [0, 0.05) is 12.1 Å². The highest BCUT2D eigenvalue weighted by Crippen LogP contribution is 2.41. The van der Waals surface area contributed by atoms with Gasteiger partial charge in [0.05, 0.1) is 26.4 Å². The SMILES string of the molecule is COc1cc(O)c2oc(-c3ccccc3O[C@@H]3O[C@H](CO)[C@@H](O)[C@H](O)[C@H]3O)cc(=O)c2c1OC. The number of fused-ring (bicyclic) bond motifs is 1. The van der Waals surface area contributed by atoms with Gasteiger partial charge in [0.25, 0.3) is 0 Å². The maximum Gasteiger partial charge on any atom is 0.229 e. The van der Waals surface area contributed by atoms with Gasteiger partial charge in [0.2, 0.25) is 6.29 Å². The van der Waals surface area contributed by atoms with Gasteiger partial charge in [-0.1, -0.05) is 12.1 Å². The van der Waals surface area contributed by atoms with Crippen molar-refractivity contribution in [2.45, 2.75) is 30.7 Å². The summed E-state index contributed by atoms with van der Waals surface area (Å²) in [4.78, 5) is 13.0. The first-order chi connectivity index (χ1) is 16.3. The zero-order chi connectivity index (χ0) is 24.6. The Morgan fingerprint density at radius 3 is 2.38 bits per heavy atom. The Kier molecular flexibility index (Phi) is 6.64. The number of phenolic OH excluding ortho intramolecular Hbond substituents is 1. The number of para-hydroxylation sites is 1. The van der Waals surface area contributed by atoms with Gasteiger partial charge in [0.1, 0.15) is 41.3 Å². The maximum atomic E-state index is 13.0. The lowest BCUT2D eigenvalue weighted by atomic mass is 9.99. The first-order valence-corrected chi connectivity index (χ1v) is 10.3. The van der Waals surface area contributed by atoms with Crippen LogP contribution in [0.3, 0.4) is 0 Å². The van der Waals surface area contributed by atoms with Gasteiger partial charge in [-0.05, 0) is 12.1 Å². The van der Waals surface area contributed by atoms with Crippen LogP contribution < -0.4 is 19.6 Å². The average Bonchev–Trinajstić information content (AvgIpc) is 2.84. The number of rotatable bonds is 6. The number of methoxy groups -OCH3 is 2. The van der Waals surface area contributed by atoms with Gasteiger partial charge in [-0.25, -0.2) is 0 Å². The molecule has 5 N–H and O–H groups in total. The normalized spacial score (nSPS) is 24.7. The molecule has 0 radical (unpaired) electrons. The third-order valence-corrected chi connectivity index (χ3v) is 5.57. The second-order valence-corrected chi connectivity index (χ2v) is 7.62. The van der Waals surface area contributed by atoms with E-state index < -0.39 is 42.7 Å². The van der Waals surface area contributed by atoms with E-state index in [4.69, 9.17) is 23.4 Å². The second kappa shape index (κ2) is 9.49. The number of phenols is 1. The summed E-state index contributed by atoms with van der Waals surface area (Å²) < 4.78 is 27.4. The molecule has 4 rings (SSSR count). The fourth-order valence-electron chi connectivity index (χ4n) is 3.82. The van der Waals surface area contributed by atoms with E-state index in [0.29, 0.717) is 0 Å². The highest BCUT2D eigenvalue weighted by atomic mass is 16.7. The molecular weight excluding hydrogens is 452 g/mol. The minimum absolute atomic E-state index is 0.0181. The Hall–Kier alpha value is -3.35. The summed E-state index contributed by atoms with van der Waals surface area (Å²) in [6.07, 6.45) is -7.39. The molecule has 11 nitrogen and oxygen atoms in total. The predicted molar refractivity (Wildman–Crippen MR) is 117 cm³/mol. The van der Waals surface area contributed by atoms with Crippen LogP contribution in [0.5, 0.6) is 23.0 Å². The van der Waals surface area contributed by atoms with Crippen LogP contribution in [0.1, 0.15) is 0 Å². The third-order valence-electron chi connectivity index (χ3n) is 5.57. The first kappa shape index (κ1) is 23.8. The summed E-state index contributed by atoms with van der Waals surface area (Å²) >= 11 is 0. The Bertz CT molecular complexity index is 1240. The minimum atomic E-state index is -1.63. The molecule has 5 atom stereocenters. The molecule has 0 unspecified atom stereocenters. The molecule has 34 heavy (non-hydrogen) atoms. The van der Waals surface area contributed by atoms with Crippen molar-refractivity contribution in [3.63, 3.8) is 0 Å². The fraction of sp³-hybridized carbons (Fsp3) is 0.348. The molecule has 3 aromatic rings. The first-order valence-electron chi connectivity index (χ1n) is 10.3. The molecule has 1 aliphatic heterocycles. The number of aromatic hydroxyl groups is 1. The quantitative estimate of drug-likeness (QED) is 0.333. The van der Waals surface area contributed by atoms with Gasteiger partial charge < -0.3 is 48.9 Å². The number of hydrogen-bond acceptors (Lipinski definition) is 11. The van der Waals surface area contributed by atoms with Crippen molar-refractivity contribution < 1.29 is 48.9 Å². The van der Waals surface area contributed by atoms with Crippen LogP contribution in [0, 0.1) is 0 Å². The summed E-state index contributed by atoms with van der Waals surface area (Å²) in [5.74, 6) is 0.0359. The highest BCUT2D eigenvalue weighted by Gasteiger charge is 2.45. The van der Waals surface area contributed by atoms with E-state index in [0.717, 1.165) is 0 Å². The molecule has 0 saturated carbocycles. The molecule has 1 aliphatic rings. The smallest absolute Gasteiger partial charge is 0.229 e. The average molecular weight is 476 g/mol. The molecule has 0 spiro atoms. The molecule has 0 bridgehead atoms. The van der Waals surface area contributed by atoms with E-state index in [1.54, 1.807) is 18.2 Å². The maximum absolute atomic E-state index is 13.0. The number of aliphatic hydroxyl groups excluding tert-OH is 4. The van der Waals surface area contributed by atoms with Gasteiger partial charge in [0.15, 0.2) is 28.3 Å². The Morgan fingerprint density at radius 1 is 0.971 bits per heavy atom. The zero-order valence-electron chi connectivity index (χ0n) is 18.2. The third kappa shape index (κ3) is 4.04. The number of aliphatic hydroxyl groups is 4. The van der Waals surface area contributed by atoms with Crippen LogP contribution in [0.15, 0.2) is 45.6 Å². The predicted octanol–water partition coefficient (Wildman–Crippen LogP) is 0.361. The van der Waals surface area contributed by atoms with Crippen LogP contribution in [-0.2, 0) is 4.74 Å². The number of ether oxygens (including phenoxy) is 4. The second-order valence-electron chi connectivity index (χ2n) is 7.62. The summed E-state index contributed by atoms with van der Waals surface area (Å²) in [5.41, 5.74) is -0.389. The summed E-state index contributed by atoms with van der Waals surface area (Å²) in [5, 5.41) is 50.1. The van der Waals surface area contributed by atoms with Crippen LogP contribution in [-0.4, -0.2) is 77.1 Å². The standard InChI is InChI=1S/C23H24O11/c1-30-15-8-12(26)21-17(22(15)31-2)11(25)7-14(32-21)10-5-3-4-6-13(10)33-23-20(29)19(28)18(27)16(9-24)34-23/h3-8,16,18-20,23-24,26-29H,9H2,1-2H3/t16-,18-,19+,20-,23-/m1/s1. The van der Waals surface area contributed by atoms with Gasteiger partial charge in [-0.2, -0.15) is 0 Å². The lowest BCUT2D eigenvalue weighted by Gasteiger charge is -2.39. The Labute approximate surface area is 192 Å². The fourth-order valence-corrected chi connectivity index (χ4v) is 3.82. The minimum Gasteiger partial charge on any atom is -0.504 e. The van der Waals surface area contributed by atoms with Crippen molar-refractivity contribution >= 4 is 11.0 Å². The van der Waals surface area contributed by atoms with Crippen LogP contribution in [0.4, 0.5) is 0 Å². The van der Waals surface area contributed by atoms with Crippen molar-refractivity contribution in [3.05, 3.63) is 46.6 Å². The lowest BCUT2D eigenvalue weighted by molar-refractivity contribution is -0.277. The molecule has 0 amide bonds. The monoisotopic (exact) mass is 476 g/mol. The molecule has 2 aromatic carbocycles. The van der Waals surface area contributed by atoms with E-state index in [9.17, 15) is 30.3 Å². The van der Waals surface area contributed by atoms with Crippen molar-refractivity contribution in [1.29, 1.82) is 0 Å². The van der Waals surface area contributed by atoms with Gasteiger partial charge in [-0.15, -0.1) is 0 Å². The van der Waals surface area contributed by atoms with Gasteiger partial charge in [-0.3, -0.25) is 4.79 Å². The van der Waals surface area contributed by atoms with Crippen molar-refractivity contribution in [3.8, 4) is 34.3 Å². The van der Waals surface area contributed by atoms with Crippen LogP contribution in [0.2, 0.25) is 0 Å². The van der Waals surface area contributed by atoms with Crippen LogP contribution in [0.25, 0.3) is 22.3 Å².